The minimum atomic E-state index is 0.0409. The van der Waals surface area contributed by atoms with Crippen LogP contribution in [0.25, 0.3) is 6.08 Å². The monoisotopic (exact) mass is 213 g/mol. The fourth-order valence-corrected chi connectivity index (χ4v) is 1.02. The summed E-state index contributed by atoms with van der Waals surface area (Å²) in [5, 5.41) is 8.09. The molecule has 0 aliphatic carbocycles. The van der Waals surface area contributed by atoms with Crippen molar-refractivity contribution in [1.29, 1.82) is 0 Å². The molecule has 0 spiro atoms. The second-order valence-electron chi connectivity index (χ2n) is 3.72. The van der Waals surface area contributed by atoms with Gasteiger partial charge in [0.25, 0.3) is 0 Å². The van der Waals surface area contributed by atoms with Gasteiger partial charge in [0.05, 0.1) is 11.6 Å². The maximum atomic E-state index is 5.92. The van der Waals surface area contributed by atoms with Gasteiger partial charge in [0, 0.05) is 6.04 Å². The SMILES string of the molecule is C/C(=C/c1cn(C(C)C)nn1)C(C)Cl. The first-order valence-corrected chi connectivity index (χ1v) is 5.18. The number of hydrogen-bond acceptors (Lipinski definition) is 2. The molecule has 1 aromatic heterocycles. The normalized spacial score (nSPS) is 14.9. The molecule has 14 heavy (non-hydrogen) atoms. The maximum Gasteiger partial charge on any atom is 0.105 e. The van der Waals surface area contributed by atoms with Crippen LogP contribution in [0, 0.1) is 0 Å². The van der Waals surface area contributed by atoms with Crippen LogP contribution in [0.5, 0.6) is 0 Å². The first-order valence-electron chi connectivity index (χ1n) is 4.74. The Balaban J connectivity index is 2.83. The number of aromatic nitrogens is 3. The van der Waals surface area contributed by atoms with Crippen LogP contribution in [0.4, 0.5) is 0 Å². The molecule has 1 heterocycles. The molecule has 78 valence electrons. The van der Waals surface area contributed by atoms with Gasteiger partial charge in [-0.2, -0.15) is 0 Å². The van der Waals surface area contributed by atoms with Crippen LogP contribution in [0.15, 0.2) is 11.8 Å². The van der Waals surface area contributed by atoms with Crippen molar-refractivity contribution < 1.29 is 0 Å². The van der Waals surface area contributed by atoms with E-state index in [0.29, 0.717) is 6.04 Å². The van der Waals surface area contributed by atoms with E-state index < -0.39 is 0 Å². The minimum Gasteiger partial charge on any atom is -0.249 e. The van der Waals surface area contributed by atoms with Crippen LogP contribution in [0.1, 0.15) is 39.4 Å². The number of halogens is 1. The minimum absolute atomic E-state index is 0.0409. The van der Waals surface area contributed by atoms with Gasteiger partial charge in [-0.1, -0.05) is 10.8 Å². The Bertz CT molecular complexity index is 326. The van der Waals surface area contributed by atoms with Crippen molar-refractivity contribution in [3.8, 4) is 0 Å². The molecular formula is C10H16ClN3. The lowest BCUT2D eigenvalue weighted by atomic mass is 10.2. The van der Waals surface area contributed by atoms with Crippen LogP contribution < -0.4 is 0 Å². The summed E-state index contributed by atoms with van der Waals surface area (Å²) in [5.41, 5.74) is 1.96. The van der Waals surface area contributed by atoms with Gasteiger partial charge in [-0.25, -0.2) is 4.68 Å². The van der Waals surface area contributed by atoms with Crippen molar-refractivity contribution in [2.75, 3.05) is 0 Å². The second kappa shape index (κ2) is 4.60. The van der Waals surface area contributed by atoms with Crippen molar-refractivity contribution in [2.45, 2.75) is 39.1 Å². The lowest BCUT2D eigenvalue weighted by molar-refractivity contribution is 0.514. The molecule has 0 N–H and O–H groups in total. The molecule has 0 saturated carbocycles. The predicted molar refractivity (Wildman–Crippen MR) is 59.4 cm³/mol. The van der Waals surface area contributed by atoms with Crippen LogP contribution in [0.3, 0.4) is 0 Å². The molecule has 0 radical (unpaired) electrons. The van der Waals surface area contributed by atoms with Crippen molar-refractivity contribution in [3.63, 3.8) is 0 Å². The molecule has 1 atom stereocenters. The highest BCUT2D eigenvalue weighted by atomic mass is 35.5. The second-order valence-corrected chi connectivity index (χ2v) is 4.38. The molecule has 0 amide bonds. The van der Waals surface area contributed by atoms with E-state index in [1.165, 1.54) is 0 Å². The Labute approximate surface area is 89.8 Å². The van der Waals surface area contributed by atoms with E-state index in [1.807, 2.05) is 30.8 Å². The van der Waals surface area contributed by atoms with E-state index in [0.717, 1.165) is 11.3 Å². The summed E-state index contributed by atoms with van der Waals surface area (Å²) in [6, 6.07) is 0.346. The van der Waals surface area contributed by atoms with E-state index in [2.05, 4.69) is 24.2 Å². The number of hydrogen-bond donors (Lipinski definition) is 0. The quantitative estimate of drug-likeness (QED) is 0.723. The topological polar surface area (TPSA) is 30.7 Å². The summed E-state index contributed by atoms with van der Waals surface area (Å²) in [4.78, 5) is 0. The zero-order valence-electron chi connectivity index (χ0n) is 9.03. The molecule has 4 heteroatoms. The van der Waals surface area contributed by atoms with Crippen molar-refractivity contribution in [2.24, 2.45) is 0 Å². The highest BCUT2D eigenvalue weighted by Crippen LogP contribution is 2.12. The summed E-state index contributed by atoms with van der Waals surface area (Å²) in [5.74, 6) is 0. The standard InChI is InChI=1S/C10H16ClN3/c1-7(2)14-6-10(12-13-14)5-8(3)9(4)11/h5-7,9H,1-4H3/b8-5-. The van der Waals surface area contributed by atoms with Gasteiger partial charge in [-0.05, 0) is 33.8 Å². The Morgan fingerprint density at radius 3 is 2.57 bits per heavy atom. The molecule has 1 rings (SSSR count). The summed E-state index contributed by atoms with van der Waals surface area (Å²) in [6.07, 6.45) is 3.89. The molecule has 1 aromatic rings. The van der Waals surface area contributed by atoms with Crippen molar-refractivity contribution >= 4 is 17.7 Å². The molecular weight excluding hydrogens is 198 g/mol. The zero-order valence-corrected chi connectivity index (χ0v) is 9.78. The van der Waals surface area contributed by atoms with E-state index in [1.54, 1.807) is 0 Å². The number of rotatable bonds is 3. The van der Waals surface area contributed by atoms with Gasteiger partial charge >= 0.3 is 0 Å². The Kier molecular flexibility index (Phi) is 3.69. The fraction of sp³-hybridized carbons (Fsp3) is 0.600. The average molecular weight is 214 g/mol. The largest absolute Gasteiger partial charge is 0.249 e. The number of allylic oxidation sites excluding steroid dienone is 1. The van der Waals surface area contributed by atoms with E-state index in [-0.39, 0.29) is 5.38 Å². The van der Waals surface area contributed by atoms with Crippen LogP contribution >= 0.6 is 11.6 Å². The van der Waals surface area contributed by atoms with Crippen LogP contribution in [0.2, 0.25) is 0 Å². The van der Waals surface area contributed by atoms with Gasteiger partial charge in [0.15, 0.2) is 0 Å². The van der Waals surface area contributed by atoms with Gasteiger partial charge in [0.1, 0.15) is 5.69 Å². The zero-order chi connectivity index (χ0) is 10.7. The lowest BCUT2D eigenvalue weighted by Crippen LogP contribution is -2.00. The first kappa shape index (κ1) is 11.2. The van der Waals surface area contributed by atoms with Gasteiger partial charge in [-0.3, -0.25) is 0 Å². The summed E-state index contributed by atoms with van der Waals surface area (Å²) in [6.45, 7) is 8.07. The van der Waals surface area contributed by atoms with Crippen molar-refractivity contribution in [3.05, 3.63) is 17.5 Å². The molecule has 1 unspecified atom stereocenters. The highest BCUT2D eigenvalue weighted by molar-refractivity contribution is 6.22. The van der Waals surface area contributed by atoms with Gasteiger partial charge in [0.2, 0.25) is 0 Å². The molecule has 0 bridgehead atoms. The maximum absolute atomic E-state index is 5.92. The van der Waals surface area contributed by atoms with E-state index in [9.17, 15) is 0 Å². The number of nitrogens with zero attached hydrogens (tertiary/aromatic N) is 3. The smallest absolute Gasteiger partial charge is 0.105 e. The first-order chi connectivity index (χ1) is 6.50. The molecule has 0 aromatic carbocycles. The molecule has 0 fully saturated rings. The third-order valence-corrected chi connectivity index (χ3v) is 2.40. The summed E-state index contributed by atoms with van der Waals surface area (Å²) < 4.78 is 1.83. The van der Waals surface area contributed by atoms with Crippen molar-refractivity contribution in [1.82, 2.24) is 15.0 Å². The third-order valence-electron chi connectivity index (χ3n) is 2.06. The summed E-state index contributed by atoms with van der Waals surface area (Å²) in [7, 11) is 0. The third kappa shape index (κ3) is 2.84. The molecule has 3 nitrogen and oxygen atoms in total. The van der Waals surface area contributed by atoms with E-state index >= 15 is 0 Å². The van der Waals surface area contributed by atoms with Gasteiger partial charge in [-0.15, -0.1) is 16.7 Å². The molecule has 0 aliphatic heterocycles. The summed E-state index contributed by atoms with van der Waals surface area (Å²) >= 11 is 5.92. The van der Waals surface area contributed by atoms with E-state index in [4.69, 9.17) is 11.6 Å². The fourth-order valence-electron chi connectivity index (χ4n) is 0.957. The Morgan fingerprint density at radius 2 is 2.14 bits per heavy atom. The Hall–Kier alpha value is -0.830. The predicted octanol–water partition coefficient (Wildman–Crippen LogP) is 2.89. The molecule has 0 saturated heterocycles. The van der Waals surface area contributed by atoms with Crippen LogP contribution in [-0.4, -0.2) is 20.4 Å². The Morgan fingerprint density at radius 1 is 1.50 bits per heavy atom. The molecule has 0 aliphatic rings. The lowest BCUT2D eigenvalue weighted by Gasteiger charge is -2.01. The number of alkyl halides is 1. The highest BCUT2D eigenvalue weighted by Gasteiger charge is 2.03. The van der Waals surface area contributed by atoms with Crippen LogP contribution in [-0.2, 0) is 0 Å². The van der Waals surface area contributed by atoms with Gasteiger partial charge < -0.3 is 0 Å². The average Bonchev–Trinajstić information content (AvgIpc) is 2.52.